The summed E-state index contributed by atoms with van der Waals surface area (Å²) in [4.78, 5) is 13.1. The summed E-state index contributed by atoms with van der Waals surface area (Å²) in [5.41, 5.74) is 1.21. The van der Waals surface area contributed by atoms with Crippen molar-refractivity contribution in [3.05, 3.63) is 29.6 Å². The van der Waals surface area contributed by atoms with E-state index < -0.39 is 0 Å². The third-order valence-corrected chi connectivity index (χ3v) is 3.32. The first-order chi connectivity index (χ1) is 9.01. The van der Waals surface area contributed by atoms with Gasteiger partial charge in [0.05, 0.1) is 0 Å². The topological polar surface area (TPSA) is 20.3 Å². The van der Waals surface area contributed by atoms with E-state index in [1.807, 2.05) is 0 Å². The molecule has 0 atom stereocenters. The molecule has 0 spiro atoms. The number of hydrogen-bond donors (Lipinski definition) is 0. The lowest BCUT2D eigenvalue weighted by Crippen LogP contribution is -2.37. The van der Waals surface area contributed by atoms with Crippen LogP contribution >= 0.6 is 0 Å². The maximum absolute atomic E-state index is 13.6. The first-order valence-corrected chi connectivity index (χ1v) is 7.04. The summed E-state index contributed by atoms with van der Waals surface area (Å²) in [6, 6.07) is 4.95. The van der Waals surface area contributed by atoms with Crippen LogP contribution in [-0.4, -0.2) is 18.9 Å². The zero-order chi connectivity index (χ0) is 14.4. The maximum Gasteiger partial charge on any atom is 0.150 e. The number of carbonyl (C=O) groups excluding carboxylic acids is 1. The monoisotopic (exact) mass is 265 g/mol. The molecule has 106 valence electrons. The molecule has 0 amide bonds. The van der Waals surface area contributed by atoms with Crippen molar-refractivity contribution in [2.75, 3.05) is 11.4 Å². The van der Waals surface area contributed by atoms with E-state index in [0.717, 1.165) is 25.1 Å². The molecule has 0 heterocycles. The van der Waals surface area contributed by atoms with Gasteiger partial charge in [-0.05, 0) is 37.0 Å². The van der Waals surface area contributed by atoms with E-state index in [4.69, 9.17) is 0 Å². The molecule has 0 aromatic heterocycles. The summed E-state index contributed by atoms with van der Waals surface area (Å²) in [6.45, 7) is 9.45. The van der Waals surface area contributed by atoms with Crippen LogP contribution < -0.4 is 4.90 Å². The second kappa shape index (κ2) is 7.27. The quantitative estimate of drug-likeness (QED) is 0.685. The highest BCUT2D eigenvalue weighted by Crippen LogP contribution is 2.24. The highest BCUT2D eigenvalue weighted by atomic mass is 19.1. The summed E-state index contributed by atoms with van der Waals surface area (Å²) >= 11 is 0. The standard InChI is InChI=1S/C16H24FNO/c1-5-15(6-2)18(10-12(3)4)16-8-13(11-19)7-14(17)9-16/h7-9,11-12,15H,5-6,10H2,1-4H3. The molecule has 1 aromatic carbocycles. The van der Waals surface area contributed by atoms with E-state index >= 15 is 0 Å². The van der Waals surface area contributed by atoms with Gasteiger partial charge in [-0.1, -0.05) is 27.7 Å². The normalized spacial score (nSPS) is 11.1. The molecule has 0 N–H and O–H groups in total. The number of halogens is 1. The van der Waals surface area contributed by atoms with Crippen LogP contribution in [0.5, 0.6) is 0 Å². The number of hydrogen-bond acceptors (Lipinski definition) is 2. The van der Waals surface area contributed by atoms with E-state index in [9.17, 15) is 9.18 Å². The fraction of sp³-hybridized carbons (Fsp3) is 0.562. The van der Waals surface area contributed by atoms with E-state index in [2.05, 4.69) is 32.6 Å². The maximum atomic E-state index is 13.6. The van der Waals surface area contributed by atoms with Gasteiger partial charge in [-0.2, -0.15) is 0 Å². The number of benzene rings is 1. The third kappa shape index (κ3) is 4.34. The minimum atomic E-state index is -0.348. The molecule has 3 heteroatoms. The average molecular weight is 265 g/mol. The van der Waals surface area contributed by atoms with Gasteiger partial charge in [0.25, 0.3) is 0 Å². The predicted molar refractivity (Wildman–Crippen MR) is 78.3 cm³/mol. The Morgan fingerprint density at radius 2 is 1.84 bits per heavy atom. The van der Waals surface area contributed by atoms with Crippen LogP contribution in [0.2, 0.25) is 0 Å². The van der Waals surface area contributed by atoms with Crippen molar-refractivity contribution in [2.24, 2.45) is 5.92 Å². The van der Waals surface area contributed by atoms with Crippen molar-refractivity contribution >= 4 is 12.0 Å². The molecule has 0 bridgehead atoms. The fourth-order valence-corrected chi connectivity index (χ4v) is 2.42. The number of nitrogens with zero attached hydrogens (tertiary/aromatic N) is 1. The third-order valence-electron chi connectivity index (χ3n) is 3.32. The summed E-state index contributed by atoms with van der Waals surface area (Å²) < 4.78 is 13.6. The van der Waals surface area contributed by atoms with Crippen molar-refractivity contribution < 1.29 is 9.18 Å². The zero-order valence-corrected chi connectivity index (χ0v) is 12.3. The molecule has 0 saturated heterocycles. The van der Waals surface area contributed by atoms with Crippen LogP contribution in [0, 0.1) is 11.7 Å². The van der Waals surface area contributed by atoms with Gasteiger partial charge in [0, 0.05) is 23.8 Å². The number of anilines is 1. The van der Waals surface area contributed by atoms with Crippen molar-refractivity contribution in [3.63, 3.8) is 0 Å². The molecule has 0 fully saturated rings. The van der Waals surface area contributed by atoms with Gasteiger partial charge in [-0.25, -0.2) is 4.39 Å². The molecular formula is C16H24FNO. The molecular weight excluding hydrogens is 241 g/mol. The zero-order valence-electron chi connectivity index (χ0n) is 12.3. The van der Waals surface area contributed by atoms with Gasteiger partial charge < -0.3 is 4.90 Å². The Morgan fingerprint density at radius 1 is 1.21 bits per heavy atom. The molecule has 0 saturated carbocycles. The molecule has 0 aliphatic heterocycles. The number of carbonyl (C=O) groups is 1. The lowest BCUT2D eigenvalue weighted by atomic mass is 10.1. The minimum absolute atomic E-state index is 0.348. The van der Waals surface area contributed by atoms with E-state index in [0.29, 0.717) is 23.8 Å². The van der Waals surface area contributed by atoms with Gasteiger partial charge in [0.2, 0.25) is 0 Å². The molecule has 1 aromatic rings. The highest BCUT2D eigenvalue weighted by molar-refractivity contribution is 5.77. The first kappa shape index (κ1) is 15.7. The van der Waals surface area contributed by atoms with Gasteiger partial charge in [-0.15, -0.1) is 0 Å². The van der Waals surface area contributed by atoms with E-state index in [1.165, 1.54) is 12.1 Å². The summed E-state index contributed by atoms with van der Waals surface area (Å²) in [5, 5.41) is 0. The van der Waals surface area contributed by atoms with Crippen LogP contribution in [0.15, 0.2) is 18.2 Å². The van der Waals surface area contributed by atoms with Crippen LogP contribution in [0.1, 0.15) is 50.9 Å². The highest BCUT2D eigenvalue weighted by Gasteiger charge is 2.18. The van der Waals surface area contributed by atoms with Gasteiger partial charge in [-0.3, -0.25) is 4.79 Å². The lowest BCUT2D eigenvalue weighted by Gasteiger charge is -2.34. The van der Waals surface area contributed by atoms with Crippen molar-refractivity contribution in [1.29, 1.82) is 0 Å². The van der Waals surface area contributed by atoms with E-state index in [1.54, 1.807) is 6.07 Å². The Hall–Kier alpha value is -1.38. The summed E-state index contributed by atoms with van der Waals surface area (Å²) in [5.74, 6) is 0.142. The Labute approximate surface area is 115 Å². The fourth-order valence-electron chi connectivity index (χ4n) is 2.42. The van der Waals surface area contributed by atoms with Crippen LogP contribution in [0.4, 0.5) is 10.1 Å². The largest absolute Gasteiger partial charge is 0.368 e. The predicted octanol–water partition coefficient (Wildman–Crippen LogP) is 4.29. The SMILES string of the molecule is CCC(CC)N(CC(C)C)c1cc(F)cc(C=O)c1. The molecule has 19 heavy (non-hydrogen) atoms. The lowest BCUT2D eigenvalue weighted by molar-refractivity contribution is 0.112. The number of aldehydes is 1. The summed E-state index contributed by atoms with van der Waals surface area (Å²) in [7, 11) is 0. The molecule has 0 unspecified atom stereocenters. The molecule has 1 rings (SSSR count). The van der Waals surface area contributed by atoms with Gasteiger partial charge in [0.15, 0.2) is 0 Å². The molecule has 0 aliphatic rings. The van der Waals surface area contributed by atoms with Crippen LogP contribution in [0.25, 0.3) is 0 Å². The van der Waals surface area contributed by atoms with Crippen molar-refractivity contribution in [3.8, 4) is 0 Å². The Balaban J connectivity index is 3.15. The minimum Gasteiger partial charge on any atom is -0.368 e. The second-order valence-corrected chi connectivity index (χ2v) is 5.38. The van der Waals surface area contributed by atoms with Gasteiger partial charge in [0.1, 0.15) is 12.1 Å². The second-order valence-electron chi connectivity index (χ2n) is 5.38. The van der Waals surface area contributed by atoms with Gasteiger partial charge >= 0.3 is 0 Å². The Morgan fingerprint density at radius 3 is 2.32 bits per heavy atom. The average Bonchev–Trinajstić information content (AvgIpc) is 2.37. The molecule has 0 aliphatic carbocycles. The number of rotatable bonds is 7. The summed E-state index contributed by atoms with van der Waals surface area (Å²) in [6.07, 6.45) is 2.72. The van der Waals surface area contributed by atoms with Crippen LogP contribution in [-0.2, 0) is 0 Å². The smallest absolute Gasteiger partial charge is 0.150 e. The van der Waals surface area contributed by atoms with Crippen molar-refractivity contribution in [1.82, 2.24) is 0 Å². The molecule has 2 nitrogen and oxygen atoms in total. The Bertz CT molecular complexity index is 413. The van der Waals surface area contributed by atoms with Crippen molar-refractivity contribution in [2.45, 2.75) is 46.6 Å². The first-order valence-electron chi connectivity index (χ1n) is 7.04. The van der Waals surface area contributed by atoms with E-state index in [-0.39, 0.29) is 5.82 Å². The Kier molecular flexibility index (Phi) is 6.00. The van der Waals surface area contributed by atoms with Crippen LogP contribution in [0.3, 0.4) is 0 Å². The molecule has 0 radical (unpaired) electrons.